The molecule has 1 aromatic heterocycles. The van der Waals surface area contributed by atoms with Crippen LogP contribution < -0.4 is 15.4 Å². The highest BCUT2D eigenvalue weighted by molar-refractivity contribution is 14.0. The molecule has 0 unspecified atom stereocenters. The topological polar surface area (TPSA) is 76.4 Å². The van der Waals surface area contributed by atoms with E-state index < -0.39 is 0 Å². The lowest BCUT2D eigenvalue weighted by Crippen LogP contribution is -2.39. The summed E-state index contributed by atoms with van der Waals surface area (Å²) in [5, 5.41) is 16.2. The zero-order valence-electron chi connectivity index (χ0n) is 15.3. The Labute approximate surface area is 196 Å². The first-order chi connectivity index (χ1) is 13.1. The summed E-state index contributed by atoms with van der Waals surface area (Å²) in [7, 11) is 1.71. The molecule has 0 radical (unpaired) electrons. The number of rotatable bonds is 6. The van der Waals surface area contributed by atoms with Crippen LogP contribution in [0.15, 0.2) is 17.1 Å². The number of ether oxygens (including phenoxy) is 1. The molecule has 0 saturated heterocycles. The SMILES string of the molecule is CN=C(NCCOc1c(Cl)cc(Cl)cc1Cl)NCc1nnc2n1CCCC2.I. The van der Waals surface area contributed by atoms with Crippen molar-refractivity contribution in [2.24, 2.45) is 4.99 Å². The van der Waals surface area contributed by atoms with Crippen molar-refractivity contribution in [1.82, 2.24) is 25.4 Å². The molecule has 0 bridgehead atoms. The van der Waals surface area contributed by atoms with E-state index >= 15 is 0 Å². The monoisotopic (exact) mass is 558 g/mol. The number of nitrogens with one attached hydrogen (secondary N) is 2. The van der Waals surface area contributed by atoms with E-state index in [9.17, 15) is 0 Å². The molecule has 1 aliphatic heterocycles. The van der Waals surface area contributed by atoms with E-state index in [-0.39, 0.29) is 24.0 Å². The van der Waals surface area contributed by atoms with Gasteiger partial charge in [0.25, 0.3) is 0 Å². The van der Waals surface area contributed by atoms with Crippen molar-refractivity contribution in [3.8, 4) is 5.75 Å². The van der Waals surface area contributed by atoms with Crippen molar-refractivity contribution in [3.05, 3.63) is 38.8 Å². The van der Waals surface area contributed by atoms with Gasteiger partial charge >= 0.3 is 0 Å². The van der Waals surface area contributed by atoms with E-state index in [4.69, 9.17) is 39.5 Å². The third kappa shape index (κ3) is 6.01. The standard InChI is InChI=1S/C17H21Cl3N6O.HI/c1-21-17(23-10-15-25-24-14-4-2-3-6-26(14)15)22-5-7-27-16-12(19)8-11(18)9-13(16)20;/h8-9H,2-7,10H2,1H3,(H2,21,22,23);1H. The Morgan fingerprint density at radius 2 is 1.93 bits per heavy atom. The molecule has 1 aromatic carbocycles. The van der Waals surface area contributed by atoms with Gasteiger partial charge in [0.1, 0.15) is 12.4 Å². The molecule has 2 N–H and O–H groups in total. The molecule has 1 aliphatic rings. The first kappa shape index (κ1) is 23.3. The van der Waals surface area contributed by atoms with Crippen LogP contribution in [0, 0.1) is 0 Å². The van der Waals surface area contributed by atoms with Crippen molar-refractivity contribution in [2.45, 2.75) is 32.4 Å². The van der Waals surface area contributed by atoms with Crippen LogP contribution in [0.3, 0.4) is 0 Å². The van der Waals surface area contributed by atoms with Crippen LogP contribution >= 0.6 is 58.8 Å². The lowest BCUT2D eigenvalue weighted by Gasteiger charge is -2.16. The number of aromatic nitrogens is 3. The highest BCUT2D eigenvalue weighted by atomic mass is 127. The first-order valence-corrected chi connectivity index (χ1v) is 9.84. The summed E-state index contributed by atoms with van der Waals surface area (Å²) >= 11 is 18.1. The Morgan fingerprint density at radius 3 is 2.64 bits per heavy atom. The molecule has 11 heteroatoms. The highest BCUT2D eigenvalue weighted by Gasteiger charge is 2.15. The van der Waals surface area contributed by atoms with Crippen LogP contribution in [0.4, 0.5) is 0 Å². The van der Waals surface area contributed by atoms with Crippen molar-refractivity contribution in [3.63, 3.8) is 0 Å². The van der Waals surface area contributed by atoms with Crippen LogP contribution in [0.1, 0.15) is 24.5 Å². The molecular formula is C17H22Cl3IN6O. The summed E-state index contributed by atoms with van der Waals surface area (Å²) in [6.45, 7) is 2.42. The molecule has 0 fully saturated rings. The second-order valence-corrected chi connectivity index (χ2v) is 7.29. The van der Waals surface area contributed by atoms with E-state index in [2.05, 4.69) is 30.4 Å². The molecule has 0 saturated carbocycles. The van der Waals surface area contributed by atoms with Gasteiger partial charge in [-0.05, 0) is 25.0 Å². The largest absolute Gasteiger partial charge is 0.489 e. The maximum Gasteiger partial charge on any atom is 0.191 e. The third-order valence-corrected chi connectivity index (χ3v) is 4.96. The van der Waals surface area contributed by atoms with Gasteiger partial charge in [-0.25, -0.2) is 0 Å². The molecule has 0 amide bonds. The summed E-state index contributed by atoms with van der Waals surface area (Å²) in [5.41, 5.74) is 0. The molecule has 2 aromatic rings. The average Bonchev–Trinajstić information content (AvgIpc) is 3.06. The number of halogens is 4. The van der Waals surface area contributed by atoms with E-state index in [1.807, 2.05) is 0 Å². The molecule has 0 aliphatic carbocycles. The highest BCUT2D eigenvalue weighted by Crippen LogP contribution is 2.35. The van der Waals surface area contributed by atoms with Crippen LogP contribution in [0.25, 0.3) is 0 Å². The summed E-state index contributed by atoms with van der Waals surface area (Å²) in [4.78, 5) is 4.20. The summed E-state index contributed by atoms with van der Waals surface area (Å²) in [5.74, 6) is 3.05. The average molecular weight is 560 g/mol. The number of hydrogen-bond donors (Lipinski definition) is 2. The van der Waals surface area contributed by atoms with Gasteiger partial charge in [0.15, 0.2) is 17.5 Å². The number of fused-ring (bicyclic) bond motifs is 1. The molecule has 2 heterocycles. The number of aryl methyl sites for hydroxylation is 1. The van der Waals surface area contributed by atoms with Crippen LogP contribution in [0.5, 0.6) is 5.75 Å². The fraction of sp³-hybridized carbons (Fsp3) is 0.471. The van der Waals surface area contributed by atoms with E-state index in [0.29, 0.717) is 46.5 Å². The number of hydrogen-bond acceptors (Lipinski definition) is 4. The zero-order valence-corrected chi connectivity index (χ0v) is 19.9. The van der Waals surface area contributed by atoms with Crippen LogP contribution in [-0.2, 0) is 19.5 Å². The number of aliphatic imine (C=N–C) groups is 1. The quantitative estimate of drug-likeness (QED) is 0.243. The Balaban J connectivity index is 0.00000280. The van der Waals surface area contributed by atoms with Gasteiger partial charge in [0.05, 0.1) is 23.1 Å². The van der Waals surface area contributed by atoms with Crippen molar-refractivity contribution < 1.29 is 4.74 Å². The second kappa shape index (κ2) is 11.3. The summed E-state index contributed by atoms with van der Waals surface area (Å²) in [6.07, 6.45) is 3.34. The maximum absolute atomic E-state index is 6.10. The predicted molar refractivity (Wildman–Crippen MR) is 124 cm³/mol. The Morgan fingerprint density at radius 1 is 1.18 bits per heavy atom. The Kier molecular flexibility index (Phi) is 9.39. The predicted octanol–water partition coefficient (Wildman–Crippen LogP) is 3.94. The summed E-state index contributed by atoms with van der Waals surface area (Å²) < 4.78 is 7.83. The molecule has 7 nitrogen and oxygen atoms in total. The zero-order chi connectivity index (χ0) is 19.2. The lowest BCUT2D eigenvalue weighted by atomic mass is 10.2. The van der Waals surface area contributed by atoms with Crippen molar-refractivity contribution >= 4 is 64.7 Å². The Hall–Kier alpha value is -0.970. The smallest absolute Gasteiger partial charge is 0.191 e. The third-order valence-electron chi connectivity index (χ3n) is 4.18. The second-order valence-electron chi connectivity index (χ2n) is 6.04. The fourth-order valence-corrected chi connectivity index (χ4v) is 3.80. The van der Waals surface area contributed by atoms with Gasteiger partial charge in [-0.1, -0.05) is 34.8 Å². The minimum Gasteiger partial charge on any atom is -0.489 e. The summed E-state index contributed by atoms with van der Waals surface area (Å²) in [6, 6.07) is 3.19. The van der Waals surface area contributed by atoms with E-state index in [1.165, 1.54) is 6.42 Å². The molecule has 0 atom stereocenters. The number of guanidine groups is 1. The van der Waals surface area contributed by atoms with E-state index in [1.54, 1.807) is 19.2 Å². The first-order valence-electron chi connectivity index (χ1n) is 8.71. The fourth-order valence-electron chi connectivity index (χ4n) is 2.87. The minimum absolute atomic E-state index is 0. The van der Waals surface area contributed by atoms with Gasteiger partial charge in [0.2, 0.25) is 0 Å². The Bertz CT molecular complexity index is 806. The van der Waals surface area contributed by atoms with Gasteiger partial charge < -0.3 is 19.9 Å². The molecular weight excluding hydrogens is 537 g/mol. The van der Waals surface area contributed by atoms with Gasteiger partial charge in [0, 0.05) is 25.0 Å². The van der Waals surface area contributed by atoms with E-state index in [0.717, 1.165) is 31.0 Å². The molecule has 0 spiro atoms. The number of nitrogens with zero attached hydrogens (tertiary/aromatic N) is 4. The molecule has 3 rings (SSSR count). The van der Waals surface area contributed by atoms with Crippen LogP contribution in [-0.4, -0.2) is 40.9 Å². The van der Waals surface area contributed by atoms with Crippen molar-refractivity contribution in [2.75, 3.05) is 20.2 Å². The van der Waals surface area contributed by atoms with Gasteiger partial charge in [-0.3, -0.25) is 4.99 Å². The normalized spacial score (nSPS) is 13.5. The van der Waals surface area contributed by atoms with Crippen molar-refractivity contribution in [1.29, 1.82) is 0 Å². The van der Waals surface area contributed by atoms with Gasteiger partial charge in [-0.15, -0.1) is 34.2 Å². The molecule has 28 heavy (non-hydrogen) atoms. The maximum atomic E-state index is 6.10. The van der Waals surface area contributed by atoms with Gasteiger partial charge in [-0.2, -0.15) is 0 Å². The van der Waals surface area contributed by atoms with Crippen LogP contribution in [0.2, 0.25) is 15.1 Å². The molecule has 154 valence electrons. The number of benzene rings is 1. The minimum atomic E-state index is 0. The lowest BCUT2D eigenvalue weighted by molar-refractivity contribution is 0.322.